The molecule has 0 saturated carbocycles. The van der Waals surface area contributed by atoms with Crippen LogP contribution in [0.15, 0.2) is 43.1 Å². The van der Waals surface area contributed by atoms with E-state index in [1.165, 1.54) is 17.2 Å². The van der Waals surface area contributed by atoms with E-state index in [4.69, 9.17) is 0 Å². The molecule has 1 aromatic carbocycles. The van der Waals surface area contributed by atoms with Gasteiger partial charge in [0.25, 0.3) is 5.91 Å². The van der Waals surface area contributed by atoms with Crippen LogP contribution in [0.1, 0.15) is 16.8 Å². The molecule has 23 heavy (non-hydrogen) atoms. The summed E-state index contributed by atoms with van der Waals surface area (Å²) in [6.07, 6.45) is -1.79. The minimum absolute atomic E-state index is 0.00130. The smallest absolute Gasteiger partial charge is 0.301 e. The number of aromatic nitrogens is 2. The minimum atomic E-state index is -4.42. The molecule has 1 amide bonds. The lowest BCUT2D eigenvalue weighted by atomic mass is 10.1. The molecule has 0 spiro atoms. The number of benzene rings is 1. The van der Waals surface area contributed by atoms with Crippen molar-refractivity contribution in [1.82, 2.24) is 9.78 Å². The number of rotatable bonds is 4. The summed E-state index contributed by atoms with van der Waals surface area (Å²) in [5, 5.41) is 4.06. The molecule has 7 heteroatoms. The van der Waals surface area contributed by atoms with Gasteiger partial charge in [0.15, 0.2) is 0 Å². The van der Waals surface area contributed by atoms with Crippen LogP contribution in [0, 0.1) is 6.92 Å². The van der Waals surface area contributed by atoms with Crippen LogP contribution >= 0.6 is 0 Å². The summed E-state index contributed by atoms with van der Waals surface area (Å²) in [6.45, 7) is 5.22. The fourth-order valence-corrected chi connectivity index (χ4v) is 2.17. The largest absolute Gasteiger partial charge is 0.416 e. The zero-order chi connectivity index (χ0) is 17.2. The van der Waals surface area contributed by atoms with Crippen molar-refractivity contribution in [3.8, 4) is 0 Å². The maximum atomic E-state index is 12.8. The monoisotopic (exact) mass is 323 g/mol. The van der Waals surface area contributed by atoms with Gasteiger partial charge in [-0.2, -0.15) is 18.3 Å². The van der Waals surface area contributed by atoms with Gasteiger partial charge in [-0.25, -0.2) is 0 Å². The molecule has 0 saturated heterocycles. The fraction of sp³-hybridized carbons (Fsp3) is 0.250. The van der Waals surface area contributed by atoms with Gasteiger partial charge in [-0.05, 0) is 30.7 Å². The number of nitrogens with zero attached hydrogens (tertiary/aromatic N) is 3. The van der Waals surface area contributed by atoms with E-state index in [-0.39, 0.29) is 6.54 Å². The average molecular weight is 323 g/mol. The highest BCUT2D eigenvalue weighted by molar-refractivity contribution is 6.01. The Hall–Kier alpha value is -2.57. The minimum Gasteiger partial charge on any atom is -0.301 e. The molecule has 0 bridgehead atoms. The third-order valence-electron chi connectivity index (χ3n) is 3.54. The molecule has 0 fully saturated rings. The van der Waals surface area contributed by atoms with Crippen molar-refractivity contribution < 1.29 is 18.0 Å². The Balaban J connectivity index is 2.38. The first kappa shape index (κ1) is 16.8. The van der Waals surface area contributed by atoms with Gasteiger partial charge in [0, 0.05) is 7.05 Å². The van der Waals surface area contributed by atoms with Crippen LogP contribution in [-0.2, 0) is 24.6 Å². The topological polar surface area (TPSA) is 38.1 Å². The van der Waals surface area contributed by atoms with Crippen molar-refractivity contribution in [3.63, 3.8) is 0 Å². The molecule has 122 valence electrons. The van der Waals surface area contributed by atoms with Crippen molar-refractivity contribution in [1.29, 1.82) is 0 Å². The first-order valence-corrected chi connectivity index (χ1v) is 6.82. The van der Waals surface area contributed by atoms with E-state index in [1.807, 2.05) is 0 Å². The molecule has 0 aliphatic carbocycles. The number of hydrogen-bond acceptors (Lipinski definition) is 2. The van der Waals surface area contributed by atoms with Crippen molar-refractivity contribution in [2.75, 3.05) is 4.90 Å². The van der Waals surface area contributed by atoms with Gasteiger partial charge in [-0.15, -0.1) is 0 Å². The predicted molar refractivity (Wildman–Crippen MR) is 80.8 cm³/mol. The van der Waals surface area contributed by atoms with Crippen LogP contribution in [0.25, 0.3) is 0 Å². The lowest BCUT2D eigenvalue weighted by molar-refractivity contribution is -0.137. The highest BCUT2D eigenvalue weighted by atomic mass is 19.4. The second-order valence-electron chi connectivity index (χ2n) is 5.07. The number of alkyl halides is 3. The lowest BCUT2D eigenvalue weighted by Gasteiger charge is -2.21. The van der Waals surface area contributed by atoms with Gasteiger partial charge in [-0.1, -0.05) is 18.7 Å². The quantitative estimate of drug-likeness (QED) is 0.808. The molecule has 1 heterocycles. The molecule has 0 aliphatic rings. The number of halogens is 3. The summed E-state index contributed by atoms with van der Waals surface area (Å²) in [4.78, 5) is 13.5. The molecular formula is C16H16F3N3O. The van der Waals surface area contributed by atoms with Crippen molar-refractivity contribution in [2.45, 2.75) is 19.6 Å². The van der Waals surface area contributed by atoms with E-state index >= 15 is 0 Å². The Bertz CT molecular complexity index is 734. The number of amides is 1. The molecule has 0 unspecified atom stereocenters. The Morgan fingerprint density at radius 2 is 2.13 bits per heavy atom. The van der Waals surface area contributed by atoms with E-state index in [1.54, 1.807) is 24.7 Å². The van der Waals surface area contributed by atoms with Crippen molar-refractivity contribution >= 4 is 11.6 Å². The van der Waals surface area contributed by atoms with Crippen LogP contribution in [0.4, 0.5) is 18.9 Å². The van der Waals surface area contributed by atoms with Crippen molar-refractivity contribution in [3.05, 3.63) is 59.9 Å². The Morgan fingerprint density at radius 1 is 1.43 bits per heavy atom. The number of aryl methyl sites for hydroxylation is 1. The summed E-state index contributed by atoms with van der Waals surface area (Å²) in [7, 11) is 1.72. The summed E-state index contributed by atoms with van der Waals surface area (Å²) >= 11 is 0. The standard InChI is InChI=1S/C16H16F3N3O/c1-4-15(23)22(14-9-20-21(3)11(14)2)10-12-6-5-7-13(8-12)16(17,18)19/h4-9H,1,10H2,2-3H3. The van der Waals surface area contributed by atoms with Crippen LogP contribution < -0.4 is 4.90 Å². The summed E-state index contributed by atoms with van der Waals surface area (Å²) < 4.78 is 40.0. The lowest BCUT2D eigenvalue weighted by Crippen LogP contribution is -2.29. The first-order valence-electron chi connectivity index (χ1n) is 6.82. The van der Waals surface area contributed by atoms with Gasteiger partial charge in [0.2, 0.25) is 0 Å². The van der Waals surface area contributed by atoms with E-state index in [9.17, 15) is 18.0 Å². The summed E-state index contributed by atoms with van der Waals surface area (Å²) in [6, 6.07) is 4.91. The Morgan fingerprint density at radius 3 is 2.65 bits per heavy atom. The van der Waals surface area contributed by atoms with Gasteiger partial charge < -0.3 is 4.90 Å². The number of hydrogen-bond donors (Lipinski definition) is 0. The third-order valence-corrected chi connectivity index (χ3v) is 3.54. The maximum absolute atomic E-state index is 12.8. The van der Waals surface area contributed by atoms with Crippen molar-refractivity contribution in [2.24, 2.45) is 7.05 Å². The molecule has 0 atom stereocenters. The average Bonchev–Trinajstić information content (AvgIpc) is 2.83. The fourth-order valence-electron chi connectivity index (χ4n) is 2.17. The second kappa shape index (κ2) is 6.28. The summed E-state index contributed by atoms with van der Waals surface area (Å²) in [5.41, 5.74) is 0.893. The Kier molecular flexibility index (Phi) is 4.58. The summed E-state index contributed by atoms with van der Waals surface area (Å²) in [5.74, 6) is -0.404. The van der Waals surface area contributed by atoms with Crippen LogP contribution in [0.2, 0.25) is 0 Å². The van der Waals surface area contributed by atoms with Gasteiger partial charge >= 0.3 is 6.18 Å². The molecule has 2 aromatic rings. The van der Waals surface area contributed by atoms with E-state index in [2.05, 4.69) is 11.7 Å². The molecular weight excluding hydrogens is 307 g/mol. The number of anilines is 1. The zero-order valence-electron chi connectivity index (χ0n) is 12.8. The molecule has 0 N–H and O–H groups in total. The zero-order valence-corrected chi connectivity index (χ0v) is 12.8. The van der Waals surface area contributed by atoms with E-state index in [0.717, 1.165) is 23.9 Å². The van der Waals surface area contributed by atoms with Crippen LogP contribution in [0.5, 0.6) is 0 Å². The third kappa shape index (κ3) is 3.61. The molecule has 0 aliphatic heterocycles. The van der Waals surface area contributed by atoms with E-state index < -0.39 is 17.6 Å². The Labute approximate surface area is 131 Å². The second-order valence-corrected chi connectivity index (χ2v) is 5.07. The van der Waals surface area contributed by atoms with Crippen LogP contribution in [0.3, 0.4) is 0 Å². The number of carbonyl (C=O) groups excluding carboxylic acids is 1. The maximum Gasteiger partial charge on any atom is 0.416 e. The van der Waals surface area contributed by atoms with Crippen LogP contribution in [-0.4, -0.2) is 15.7 Å². The van der Waals surface area contributed by atoms with Gasteiger partial charge in [-0.3, -0.25) is 9.48 Å². The number of carbonyl (C=O) groups is 1. The molecule has 2 rings (SSSR count). The highest BCUT2D eigenvalue weighted by Crippen LogP contribution is 2.30. The highest BCUT2D eigenvalue weighted by Gasteiger charge is 2.30. The molecule has 0 radical (unpaired) electrons. The normalized spacial score (nSPS) is 11.3. The first-order chi connectivity index (χ1) is 10.7. The van der Waals surface area contributed by atoms with E-state index in [0.29, 0.717) is 11.3 Å². The SMILES string of the molecule is C=CC(=O)N(Cc1cccc(C(F)(F)F)c1)c1cnn(C)c1C. The molecule has 4 nitrogen and oxygen atoms in total. The predicted octanol–water partition coefficient (Wildman–Crippen LogP) is 3.47. The molecule has 1 aromatic heterocycles. The van der Waals surface area contributed by atoms with Gasteiger partial charge in [0.05, 0.1) is 29.7 Å². The van der Waals surface area contributed by atoms with Gasteiger partial charge in [0.1, 0.15) is 0 Å².